The average molecular weight is 380 g/mol. The van der Waals surface area contributed by atoms with Crippen LogP contribution in [0, 0.1) is 0 Å². The monoisotopic (exact) mass is 380 g/mol. The Morgan fingerprint density at radius 1 is 1.19 bits per heavy atom. The number of benzene rings is 1. The highest BCUT2D eigenvalue weighted by molar-refractivity contribution is 5.82. The summed E-state index contributed by atoms with van der Waals surface area (Å²) in [6.07, 6.45) is -0.993. The number of rotatable bonds is 9. The van der Waals surface area contributed by atoms with Crippen molar-refractivity contribution >= 4 is 17.8 Å². The number of nitrogens with one attached hydrogen (secondary N) is 2. The highest BCUT2D eigenvalue weighted by Crippen LogP contribution is 2.28. The van der Waals surface area contributed by atoms with Gasteiger partial charge in [-0.1, -0.05) is 6.07 Å². The van der Waals surface area contributed by atoms with Crippen LogP contribution in [0.15, 0.2) is 18.2 Å². The van der Waals surface area contributed by atoms with Gasteiger partial charge in [0.2, 0.25) is 5.91 Å². The number of ether oxygens (including phenoxy) is 3. The van der Waals surface area contributed by atoms with E-state index in [2.05, 4.69) is 10.6 Å². The SMILES string of the molecule is CCNC(=O)COc1ccc(CNC(=O)[C@@H]2CC[C@H](C(=O)O)O2)cc1OC. The number of carboxylic acids is 1. The molecule has 27 heavy (non-hydrogen) atoms. The van der Waals surface area contributed by atoms with Crippen LogP contribution in [0.25, 0.3) is 0 Å². The van der Waals surface area contributed by atoms with E-state index >= 15 is 0 Å². The number of carbonyl (C=O) groups is 3. The van der Waals surface area contributed by atoms with Gasteiger partial charge in [0.25, 0.3) is 5.91 Å². The van der Waals surface area contributed by atoms with Crippen molar-refractivity contribution < 1.29 is 33.7 Å². The lowest BCUT2D eigenvalue weighted by atomic mass is 10.1. The summed E-state index contributed by atoms with van der Waals surface area (Å²) in [5.74, 6) is -0.781. The quantitative estimate of drug-likeness (QED) is 0.569. The molecule has 1 aliphatic heterocycles. The lowest BCUT2D eigenvalue weighted by Gasteiger charge is -2.14. The molecule has 2 rings (SSSR count). The maximum absolute atomic E-state index is 12.1. The van der Waals surface area contributed by atoms with Crippen molar-refractivity contribution in [3.05, 3.63) is 23.8 Å². The van der Waals surface area contributed by atoms with Crippen LogP contribution in [0.3, 0.4) is 0 Å². The third kappa shape index (κ3) is 5.85. The molecule has 9 nitrogen and oxygen atoms in total. The smallest absolute Gasteiger partial charge is 0.332 e. The highest BCUT2D eigenvalue weighted by Gasteiger charge is 2.34. The molecule has 0 bridgehead atoms. The van der Waals surface area contributed by atoms with E-state index < -0.39 is 18.2 Å². The van der Waals surface area contributed by atoms with Crippen LogP contribution < -0.4 is 20.1 Å². The third-order valence-electron chi connectivity index (χ3n) is 4.01. The average Bonchev–Trinajstić information content (AvgIpc) is 3.15. The molecule has 1 fully saturated rings. The van der Waals surface area contributed by atoms with Gasteiger partial charge in [-0.15, -0.1) is 0 Å². The molecule has 2 atom stereocenters. The van der Waals surface area contributed by atoms with Crippen molar-refractivity contribution in [1.29, 1.82) is 0 Å². The molecule has 3 N–H and O–H groups in total. The molecule has 2 amide bonds. The van der Waals surface area contributed by atoms with Gasteiger partial charge in [0.15, 0.2) is 24.2 Å². The van der Waals surface area contributed by atoms with Gasteiger partial charge in [0, 0.05) is 13.1 Å². The Hall–Kier alpha value is -2.81. The largest absolute Gasteiger partial charge is 0.493 e. The van der Waals surface area contributed by atoms with Crippen molar-refractivity contribution in [1.82, 2.24) is 10.6 Å². The van der Waals surface area contributed by atoms with Crippen molar-refractivity contribution in [3.63, 3.8) is 0 Å². The minimum Gasteiger partial charge on any atom is -0.493 e. The van der Waals surface area contributed by atoms with Crippen molar-refractivity contribution in [2.45, 2.75) is 38.5 Å². The van der Waals surface area contributed by atoms with E-state index in [1.165, 1.54) is 7.11 Å². The normalized spacial score (nSPS) is 18.6. The van der Waals surface area contributed by atoms with Crippen LogP contribution in [-0.4, -0.2) is 55.4 Å². The number of methoxy groups -OCH3 is 1. The summed E-state index contributed by atoms with van der Waals surface area (Å²) >= 11 is 0. The Kier molecular flexibility index (Phi) is 7.42. The first-order valence-corrected chi connectivity index (χ1v) is 8.67. The summed E-state index contributed by atoms with van der Waals surface area (Å²) < 4.78 is 15.9. The van der Waals surface area contributed by atoms with Gasteiger partial charge in [-0.2, -0.15) is 0 Å². The summed E-state index contributed by atoms with van der Waals surface area (Å²) in [6, 6.07) is 5.10. The Labute approximate surface area is 157 Å². The summed E-state index contributed by atoms with van der Waals surface area (Å²) in [4.78, 5) is 34.5. The third-order valence-corrected chi connectivity index (χ3v) is 4.01. The van der Waals surface area contributed by atoms with Crippen LogP contribution in [0.2, 0.25) is 0 Å². The van der Waals surface area contributed by atoms with E-state index in [1.54, 1.807) is 18.2 Å². The number of aliphatic carboxylic acids is 1. The maximum atomic E-state index is 12.1. The zero-order valence-corrected chi connectivity index (χ0v) is 15.3. The molecule has 0 spiro atoms. The number of amides is 2. The lowest BCUT2D eigenvalue weighted by Crippen LogP contribution is -2.35. The predicted octanol–water partition coefficient (Wildman–Crippen LogP) is 0.459. The van der Waals surface area contributed by atoms with Gasteiger partial charge >= 0.3 is 5.97 Å². The zero-order chi connectivity index (χ0) is 19.8. The van der Waals surface area contributed by atoms with Crippen LogP contribution in [0.5, 0.6) is 11.5 Å². The van der Waals surface area contributed by atoms with Crippen LogP contribution >= 0.6 is 0 Å². The van der Waals surface area contributed by atoms with E-state index in [9.17, 15) is 14.4 Å². The van der Waals surface area contributed by atoms with Crippen LogP contribution in [0.4, 0.5) is 0 Å². The second-order valence-corrected chi connectivity index (χ2v) is 5.97. The summed E-state index contributed by atoms with van der Waals surface area (Å²) in [7, 11) is 1.48. The van der Waals surface area contributed by atoms with Gasteiger partial charge in [0.1, 0.15) is 6.10 Å². The van der Waals surface area contributed by atoms with Gasteiger partial charge in [-0.05, 0) is 37.5 Å². The zero-order valence-electron chi connectivity index (χ0n) is 15.3. The fourth-order valence-corrected chi connectivity index (χ4v) is 2.65. The van der Waals surface area contributed by atoms with Gasteiger partial charge in [-0.25, -0.2) is 4.79 Å². The van der Waals surface area contributed by atoms with E-state index in [0.29, 0.717) is 30.9 Å². The molecule has 0 saturated carbocycles. The Bertz CT molecular complexity index is 692. The van der Waals surface area contributed by atoms with Gasteiger partial charge in [0.05, 0.1) is 7.11 Å². The molecular formula is C18H24N2O7. The first-order valence-electron chi connectivity index (χ1n) is 8.67. The van der Waals surface area contributed by atoms with E-state index in [-0.39, 0.29) is 25.0 Å². The van der Waals surface area contributed by atoms with E-state index in [0.717, 1.165) is 5.56 Å². The fourth-order valence-electron chi connectivity index (χ4n) is 2.65. The number of likely N-dealkylation sites (N-methyl/N-ethyl adjacent to an activating group) is 1. The Morgan fingerprint density at radius 2 is 1.93 bits per heavy atom. The minimum absolute atomic E-state index is 0.121. The second-order valence-electron chi connectivity index (χ2n) is 5.97. The molecule has 0 unspecified atom stereocenters. The summed E-state index contributed by atoms with van der Waals surface area (Å²) in [5.41, 5.74) is 0.762. The van der Waals surface area contributed by atoms with Crippen LogP contribution in [-0.2, 0) is 25.7 Å². The molecule has 1 saturated heterocycles. The lowest BCUT2D eigenvalue weighted by molar-refractivity contribution is -0.151. The van der Waals surface area contributed by atoms with E-state index in [4.69, 9.17) is 19.3 Å². The topological polar surface area (TPSA) is 123 Å². The summed E-state index contributed by atoms with van der Waals surface area (Å²) in [6.45, 7) is 2.45. The molecule has 0 aromatic heterocycles. The minimum atomic E-state index is -1.06. The molecule has 148 valence electrons. The number of carbonyl (C=O) groups excluding carboxylic acids is 2. The van der Waals surface area contributed by atoms with Crippen LogP contribution in [0.1, 0.15) is 25.3 Å². The molecular weight excluding hydrogens is 356 g/mol. The number of carboxylic acid groups (broad SMARTS) is 1. The standard InChI is InChI=1S/C18H24N2O7/c1-3-19-16(21)10-26-12-5-4-11(8-15(12)25-2)9-20-17(22)13-6-7-14(27-13)18(23)24/h4-5,8,13-14H,3,6-7,9-10H2,1-2H3,(H,19,21)(H,20,22)(H,23,24)/t13-,14+/m0/s1. The first-order chi connectivity index (χ1) is 12.9. The van der Waals surface area contributed by atoms with Crippen molar-refractivity contribution in [2.24, 2.45) is 0 Å². The molecule has 9 heteroatoms. The molecule has 1 aromatic carbocycles. The predicted molar refractivity (Wildman–Crippen MR) is 94.6 cm³/mol. The van der Waals surface area contributed by atoms with E-state index in [1.807, 2.05) is 6.92 Å². The molecule has 0 aliphatic carbocycles. The van der Waals surface area contributed by atoms with Crippen molar-refractivity contribution in [2.75, 3.05) is 20.3 Å². The molecule has 1 heterocycles. The first kappa shape index (κ1) is 20.5. The number of hydrogen-bond donors (Lipinski definition) is 3. The molecule has 1 aromatic rings. The van der Waals surface area contributed by atoms with Gasteiger partial charge < -0.3 is 30.0 Å². The Balaban J connectivity index is 1.88. The Morgan fingerprint density at radius 3 is 2.56 bits per heavy atom. The summed E-state index contributed by atoms with van der Waals surface area (Å²) in [5, 5.41) is 14.3. The maximum Gasteiger partial charge on any atom is 0.332 e. The highest BCUT2D eigenvalue weighted by atomic mass is 16.5. The van der Waals surface area contributed by atoms with Crippen molar-refractivity contribution in [3.8, 4) is 11.5 Å². The van der Waals surface area contributed by atoms with Gasteiger partial charge in [-0.3, -0.25) is 9.59 Å². The fraction of sp³-hybridized carbons (Fsp3) is 0.500. The second kappa shape index (κ2) is 9.77. The molecule has 0 radical (unpaired) electrons. The number of hydrogen-bond acceptors (Lipinski definition) is 6. The molecule has 1 aliphatic rings.